The molecule has 1 heterocycles. The molecule has 1 fully saturated rings. The molecule has 0 radical (unpaired) electrons. The molecule has 1 atom stereocenters. The van der Waals surface area contributed by atoms with Crippen LogP contribution in [0.4, 0.5) is 0 Å². The quantitative estimate of drug-likeness (QED) is 0.663. The third kappa shape index (κ3) is 5.79. The molecular weight excluding hydrogens is 260 g/mol. The Morgan fingerprint density at radius 2 is 1.95 bits per heavy atom. The van der Waals surface area contributed by atoms with Crippen molar-refractivity contribution in [3.8, 4) is 0 Å². The number of sulfonamides is 1. The van der Waals surface area contributed by atoms with Crippen LogP contribution in [-0.2, 0) is 10.0 Å². The first-order valence-corrected chi connectivity index (χ1v) is 9.43. The Hall–Kier alpha value is -0.130. The molecule has 1 aliphatic heterocycles. The number of hydrogen-bond donors (Lipinski definition) is 1. The van der Waals surface area contributed by atoms with Gasteiger partial charge in [0.15, 0.2) is 0 Å². The Labute approximate surface area is 119 Å². The van der Waals surface area contributed by atoms with Crippen molar-refractivity contribution in [2.24, 2.45) is 0 Å². The third-order valence-corrected chi connectivity index (χ3v) is 5.83. The van der Waals surface area contributed by atoms with Crippen molar-refractivity contribution in [1.29, 1.82) is 0 Å². The van der Waals surface area contributed by atoms with Crippen LogP contribution >= 0.6 is 0 Å². The standard InChI is InChI=1S/C14H30N2O2S/c1-3-10-15-11-6-8-13-19(17,18)16-12-7-5-9-14(16)4-2/h14-15H,3-13H2,1-2H3. The maximum absolute atomic E-state index is 12.3. The van der Waals surface area contributed by atoms with Crippen LogP contribution in [0.5, 0.6) is 0 Å². The van der Waals surface area contributed by atoms with E-state index in [2.05, 4.69) is 19.2 Å². The summed E-state index contributed by atoms with van der Waals surface area (Å²) in [6.45, 7) is 6.91. The van der Waals surface area contributed by atoms with Crippen molar-refractivity contribution in [1.82, 2.24) is 9.62 Å². The number of nitrogens with zero attached hydrogens (tertiary/aromatic N) is 1. The summed E-state index contributed by atoms with van der Waals surface area (Å²) in [5.41, 5.74) is 0. The van der Waals surface area contributed by atoms with Crippen LogP contribution in [-0.4, -0.2) is 44.2 Å². The second kappa shape index (κ2) is 8.93. The average molecular weight is 290 g/mol. The van der Waals surface area contributed by atoms with Gasteiger partial charge < -0.3 is 5.32 Å². The second-order valence-corrected chi connectivity index (χ2v) is 7.48. The van der Waals surface area contributed by atoms with Crippen LogP contribution in [0.3, 0.4) is 0 Å². The Kier molecular flexibility index (Phi) is 7.95. The number of rotatable bonds is 9. The van der Waals surface area contributed by atoms with E-state index in [1.807, 2.05) is 0 Å². The minimum Gasteiger partial charge on any atom is -0.317 e. The number of nitrogens with one attached hydrogen (secondary N) is 1. The van der Waals surface area contributed by atoms with E-state index in [4.69, 9.17) is 0 Å². The van der Waals surface area contributed by atoms with E-state index in [1.165, 1.54) is 6.42 Å². The highest BCUT2D eigenvalue weighted by molar-refractivity contribution is 7.89. The SMILES string of the molecule is CCCNCCCCS(=O)(=O)N1CCCCC1CC. The topological polar surface area (TPSA) is 49.4 Å². The van der Waals surface area contributed by atoms with Gasteiger partial charge in [0.05, 0.1) is 5.75 Å². The number of unbranched alkanes of at least 4 members (excludes halogenated alkanes) is 1. The Balaban J connectivity index is 2.33. The lowest BCUT2D eigenvalue weighted by molar-refractivity contribution is 0.246. The van der Waals surface area contributed by atoms with Gasteiger partial charge in [-0.1, -0.05) is 20.3 Å². The van der Waals surface area contributed by atoms with E-state index in [-0.39, 0.29) is 6.04 Å². The van der Waals surface area contributed by atoms with E-state index in [0.717, 1.165) is 58.2 Å². The zero-order valence-corrected chi connectivity index (χ0v) is 13.3. The summed E-state index contributed by atoms with van der Waals surface area (Å²) in [7, 11) is -3.03. The van der Waals surface area contributed by atoms with Gasteiger partial charge in [-0.15, -0.1) is 0 Å². The predicted molar refractivity (Wildman–Crippen MR) is 80.8 cm³/mol. The molecule has 0 bridgehead atoms. The molecule has 1 N–H and O–H groups in total. The summed E-state index contributed by atoms with van der Waals surface area (Å²) >= 11 is 0. The van der Waals surface area contributed by atoms with E-state index in [0.29, 0.717) is 5.75 Å². The molecule has 19 heavy (non-hydrogen) atoms. The molecule has 1 saturated heterocycles. The zero-order chi connectivity index (χ0) is 14.1. The van der Waals surface area contributed by atoms with Crippen LogP contribution in [0.2, 0.25) is 0 Å². The first-order valence-electron chi connectivity index (χ1n) is 7.82. The van der Waals surface area contributed by atoms with Gasteiger partial charge in [-0.3, -0.25) is 0 Å². The summed E-state index contributed by atoms with van der Waals surface area (Å²) < 4.78 is 26.5. The van der Waals surface area contributed by atoms with Gasteiger partial charge in [0.1, 0.15) is 0 Å². The van der Waals surface area contributed by atoms with Gasteiger partial charge in [0.25, 0.3) is 0 Å². The van der Waals surface area contributed by atoms with Crippen LogP contribution in [0, 0.1) is 0 Å². The fraction of sp³-hybridized carbons (Fsp3) is 1.00. The number of hydrogen-bond acceptors (Lipinski definition) is 3. The summed E-state index contributed by atoms with van der Waals surface area (Å²) in [5.74, 6) is 0.317. The summed E-state index contributed by atoms with van der Waals surface area (Å²) in [5, 5.41) is 3.31. The van der Waals surface area contributed by atoms with Crippen molar-refractivity contribution in [3.05, 3.63) is 0 Å². The molecule has 1 aliphatic rings. The van der Waals surface area contributed by atoms with Crippen molar-refractivity contribution >= 4 is 10.0 Å². The molecule has 5 heteroatoms. The Bertz CT molecular complexity index is 330. The largest absolute Gasteiger partial charge is 0.317 e. The molecule has 0 spiro atoms. The molecule has 1 rings (SSSR count). The van der Waals surface area contributed by atoms with E-state index in [1.54, 1.807) is 4.31 Å². The fourth-order valence-electron chi connectivity index (χ4n) is 2.70. The van der Waals surface area contributed by atoms with Gasteiger partial charge in [-0.25, -0.2) is 8.42 Å². The predicted octanol–water partition coefficient (Wildman–Crippen LogP) is 2.36. The Morgan fingerprint density at radius 1 is 1.16 bits per heavy atom. The van der Waals surface area contributed by atoms with Crippen molar-refractivity contribution < 1.29 is 8.42 Å². The average Bonchev–Trinajstić information content (AvgIpc) is 2.42. The lowest BCUT2D eigenvalue weighted by Gasteiger charge is -2.34. The third-order valence-electron chi connectivity index (χ3n) is 3.83. The van der Waals surface area contributed by atoms with E-state index in [9.17, 15) is 8.42 Å². The minimum absolute atomic E-state index is 0.247. The highest BCUT2D eigenvalue weighted by atomic mass is 32.2. The first-order chi connectivity index (χ1) is 9.11. The van der Waals surface area contributed by atoms with Crippen LogP contribution in [0.1, 0.15) is 58.8 Å². The summed E-state index contributed by atoms with van der Waals surface area (Å²) in [4.78, 5) is 0. The molecule has 4 nitrogen and oxygen atoms in total. The molecule has 0 amide bonds. The lowest BCUT2D eigenvalue weighted by atomic mass is 10.0. The molecular formula is C14H30N2O2S. The maximum Gasteiger partial charge on any atom is 0.214 e. The molecule has 0 aliphatic carbocycles. The van der Waals surface area contributed by atoms with E-state index >= 15 is 0 Å². The summed E-state index contributed by atoms with van der Waals surface area (Å²) in [6.07, 6.45) is 7.02. The number of piperidine rings is 1. The van der Waals surface area contributed by atoms with Crippen molar-refractivity contribution in [2.45, 2.75) is 64.8 Å². The van der Waals surface area contributed by atoms with Crippen LogP contribution in [0.15, 0.2) is 0 Å². The van der Waals surface area contributed by atoms with Crippen molar-refractivity contribution in [3.63, 3.8) is 0 Å². The van der Waals surface area contributed by atoms with Gasteiger partial charge in [0.2, 0.25) is 10.0 Å². The summed E-state index contributed by atoms with van der Waals surface area (Å²) in [6, 6.07) is 0.247. The minimum atomic E-state index is -3.03. The lowest BCUT2D eigenvalue weighted by Crippen LogP contribution is -2.44. The van der Waals surface area contributed by atoms with Crippen LogP contribution < -0.4 is 5.32 Å². The highest BCUT2D eigenvalue weighted by Gasteiger charge is 2.30. The molecule has 0 aromatic heterocycles. The van der Waals surface area contributed by atoms with Gasteiger partial charge in [0, 0.05) is 12.6 Å². The van der Waals surface area contributed by atoms with Crippen LogP contribution in [0.25, 0.3) is 0 Å². The maximum atomic E-state index is 12.3. The van der Waals surface area contributed by atoms with Crippen molar-refractivity contribution in [2.75, 3.05) is 25.4 Å². The first kappa shape index (κ1) is 16.9. The monoisotopic (exact) mass is 290 g/mol. The molecule has 114 valence electrons. The second-order valence-electron chi connectivity index (χ2n) is 5.44. The molecule has 0 aromatic carbocycles. The fourth-order valence-corrected chi connectivity index (χ4v) is 4.62. The Morgan fingerprint density at radius 3 is 2.63 bits per heavy atom. The zero-order valence-electron chi connectivity index (χ0n) is 12.5. The molecule has 1 unspecified atom stereocenters. The molecule has 0 saturated carbocycles. The normalized spacial score (nSPS) is 21.7. The van der Waals surface area contributed by atoms with Gasteiger partial charge in [-0.05, 0) is 51.6 Å². The smallest absolute Gasteiger partial charge is 0.214 e. The molecule has 0 aromatic rings. The van der Waals surface area contributed by atoms with Gasteiger partial charge in [-0.2, -0.15) is 4.31 Å². The van der Waals surface area contributed by atoms with E-state index < -0.39 is 10.0 Å². The van der Waals surface area contributed by atoms with Gasteiger partial charge >= 0.3 is 0 Å². The highest BCUT2D eigenvalue weighted by Crippen LogP contribution is 2.23.